The van der Waals surface area contributed by atoms with Gasteiger partial charge in [-0.3, -0.25) is 0 Å². The second-order valence-electron chi connectivity index (χ2n) is 6.27. The lowest BCUT2D eigenvalue weighted by atomic mass is 10.2. The van der Waals surface area contributed by atoms with Crippen LogP contribution in [-0.2, 0) is 10.1 Å². The van der Waals surface area contributed by atoms with E-state index >= 15 is 0 Å². The number of methoxy groups -OCH3 is 1. The normalized spacial score (nSPS) is 11.6. The molecule has 0 fully saturated rings. The van der Waals surface area contributed by atoms with Gasteiger partial charge in [0.2, 0.25) is 5.89 Å². The number of benzene rings is 3. The Morgan fingerprint density at radius 3 is 2.55 bits per heavy atom. The topological polar surface area (TPSA) is 78.6 Å². The molecule has 0 aliphatic carbocycles. The van der Waals surface area contributed by atoms with Gasteiger partial charge in [-0.05, 0) is 42.8 Å². The van der Waals surface area contributed by atoms with Gasteiger partial charge < -0.3 is 13.3 Å². The van der Waals surface area contributed by atoms with E-state index in [9.17, 15) is 8.42 Å². The maximum absolute atomic E-state index is 12.9. The fourth-order valence-corrected chi connectivity index (χ4v) is 4.20. The molecule has 0 radical (unpaired) electrons. The molecule has 8 heteroatoms. The van der Waals surface area contributed by atoms with Crippen LogP contribution in [0.2, 0.25) is 5.02 Å². The Kier molecular flexibility index (Phi) is 4.94. The molecule has 1 aromatic heterocycles. The van der Waals surface area contributed by atoms with Gasteiger partial charge in [0.15, 0.2) is 11.3 Å². The van der Waals surface area contributed by atoms with Crippen LogP contribution in [-0.4, -0.2) is 20.5 Å². The lowest BCUT2D eigenvalue weighted by Gasteiger charge is -2.12. The summed E-state index contributed by atoms with van der Waals surface area (Å²) in [7, 11) is -2.81. The molecule has 0 saturated heterocycles. The maximum Gasteiger partial charge on any atom is 0.342 e. The predicted molar refractivity (Wildman–Crippen MR) is 110 cm³/mol. The van der Waals surface area contributed by atoms with Crippen molar-refractivity contribution in [1.29, 1.82) is 0 Å². The number of oxazole rings is 1. The molecule has 0 unspecified atom stereocenters. The zero-order valence-corrected chi connectivity index (χ0v) is 17.1. The number of nitrogens with zero attached hydrogens (tertiary/aromatic N) is 1. The Morgan fingerprint density at radius 2 is 1.79 bits per heavy atom. The van der Waals surface area contributed by atoms with Crippen molar-refractivity contribution in [3.63, 3.8) is 0 Å². The van der Waals surface area contributed by atoms with Crippen LogP contribution in [0, 0.1) is 6.92 Å². The second-order valence-corrected chi connectivity index (χ2v) is 8.22. The number of para-hydroxylation sites is 2. The summed E-state index contributed by atoms with van der Waals surface area (Å²) >= 11 is 6.09. The van der Waals surface area contributed by atoms with Crippen molar-refractivity contribution < 1.29 is 21.8 Å². The van der Waals surface area contributed by atoms with Gasteiger partial charge >= 0.3 is 10.1 Å². The van der Waals surface area contributed by atoms with E-state index in [1.165, 1.54) is 19.2 Å². The molecule has 0 bridgehead atoms. The molecule has 0 saturated carbocycles. The van der Waals surface area contributed by atoms with E-state index in [-0.39, 0.29) is 22.3 Å². The number of hydrogen-bond donors (Lipinski definition) is 0. The Balaban J connectivity index is 1.82. The standard InChI is InChI=1S/C21H16ClNO5S/c1-13-6-5-8-17-20(13)23-21(27-17)15-11-10-14(22)12-18(15)28-29(24,25)19-9-4-3-7-16(19)26-2/h3-12H,1-2H3. The van der Waals surface area contributed by atoms with Gasteiger partial charge in [0.25, 0.3) is 0 Å². The van der Waals surface area contributed by atoms with E-state index in [0.717, 1.165) is 5.56 Å². The number of aryl methyl sites for hydroxylation is 1. The molecular weight excluding hydrogens is 414 g/mol. The lowest BCUT2D eigenvalue weighted by molar-refractivity contribution is 0.398. The molecular formula is C21H16ClNO5S. The van der Waals surface area contributed by atoms with Gasteiger partial charge in [-0.2, -0.15) is 8.42 Å². The highest BCUT2D eigenvalue weighted by molar-refractivity contribution is 7.87. The fourth-order valence-electron chi connectivity index (χ4n) is 2.93. The van der Waals surface area contributed by atoms with Gasteiger partial charge in [0.05, 0.1) is 12.7 Å². The molecule has 0 aliphatic rings. The van der Waals surface area contributed by atoms with Crippen LogP contribution in [0.5, 0.6) is 11.5 Å². The number of fused-ring (bicyclic) bond motifs is 1. The molecule has 1 heterocycles. The van der Waals surface area contributed by atoms with Crippen molar-refractivity contribution >= 4 is 32.8 Å². The molecule has 0 spiro atoms. The van der Waals surface area contributed by atoms with E-state index in [2.05, 4.69) is 4.98 Å². The van der Waals surface area contributed by atoms with Crippen LogP contribution in [0.25, 0.3) is 22.6 Å². The molecule has 148 valence electrons. The molecule has 0 amide bonds. The monoisotopic (exact) mass is 429 g/mol. The number of rotatable bonds is 5. The van der Waals surface area contributed by atoms with E-state index in [1.807, 2.05) is 19.1 Å². The Hall–Kier alpha value is -3.03. The van der Waals surface area contributed by atoms with E-state index in [4.69, 9.17) is 24.9 Å². The highest BCUT2D eigenvalue weighted by Gasteiger charge is 2.24. The third-order valence-corrected chi connectivity index (χ3v) is 5.84. The molecule has 0 aliphatic heterocycles. The largest absolute Gasteiger partial charge is 0.495 e. The Labute approximate surface area is 172 Å². The number of hydrogen-bond acceptors (Lipinski definition) is 6. The lowest BCUT2D eigenvalue weighted by Crippen LogP contribution is -2.11. The van der Waals surface area contributed by atoms with Crippen LogP contribution in [0.1, 0.15) is 5.56 Å². The van der Waals surface area contributed by atoms with Crippen molar-refractivity contribution in [2.75, 3.05) is 7.11 Å². The average Bonchev–Trinajstić information content (AvgIpc) is 3.13. The third kappa shape index (κ3) is 3.66. The minimum absolute atomic E-state index is 0.00705. The van der Waals surface area contributed by atoms with Gasteiger partial charge in [-0.1, -0.05) is 35.9 Å². The molecule has 4 rings (SSSR count). The van der Waals surface area contributed by atoms with Crippen molar-refractivity contribution in [2.45, 2.75) is 11.8 Å². The molecule has 3 aromatic carbocycles. The number of aromatic nitrogens is 1. The summed E-state index contributed by atoms with van der Waals surface area (Å²) in [4.78, 5) is 4.40. The van der Waals surface area contributed by atoms with Crippen molar-refractivity contribution in [1.82, 2.24) is 4.98 Å². The van der Waals surface area contributed by atoms with Gasteiger partial charge in [0, 0.05) is 11.1 Å². The first-order valence-electron chi connectivity index (χ1n) is 8.62. The van der Waals surface area contributed by atoms with Gasteiger partial charge in [-0.25, -0.2) is 4.98 Å². The first kappa shape index (κ1) is 19.3. The second kappa shape index (κ2) is 7.42. The number of ether oxygens (including phenoxy) is 1. The van der Waals surface area contributed by atoms with E-state index < -0.39 is 10.1 Å². The van der Waals surface area contributed by atoms with Crippen LogP contribution in [0.4, 0.5) is 0 Å². The summed E-state index contributed by atoms with van der Waals surface area (Å²) in [5.74, 6) is 0.414. The first-order chi connectivity index (χ1) is 13.9. The first-order valence-corrected chi connectivity index (χ1v) is 10.4. The highest BCUT2D eigenvalue weighted by Crippen LogP contribution is 2.37. The molecule has 0 N–H and O–H groups in total. The van der Waals surface area contributed by atoms with Crippen molar-refractivity contribution in [3.05, 3.63) is 71.2 Å². The minimum Gasteiger partial charge on any atom is -0.495 e. The fraction of sp³-hybridized carbons (Fsp3) is 0.0952. The molecule has 29 heavy (non-hydrogen) atoms. The molecule has 4 aromatic rings. The Morgan fingerprint density at radius 1 is 1.00 bits per heavy atom. The molecule has 0 atom stereocenters. The van der Waals surface area contributed by atoms with Crippen molar-refractivity contribution in [2.24, 2.45) is 0 Å². The SMILES string of the molecule is COc1ccccc1S(=O)(=O)Oc1cc(Cl)ccc1-c1nc2c(C)cccc2o1. The summed E-state index contributed by atoms with van der Waals surface area (Å²) in [5.41, 5.74) is 2.59. The summed E-state index contributed by atoms with van der Waals surface area (Å²) in [6.07, 6.45) is 0. The quantitative estimate of drug-likeness (QED) is 0.404. The highest BCUT2D eigenvalue weighted by atomic mass is 35.5. The summed E-state index contributed by atoms with van der Waals surface area (Å²) in [5, 5.41) is 0.311. The molecule has 6 nitrogen and oxygen atoms in total. The van der Waals surface area contributed by atoms with E-state index in [1.54, 1.807) is 36.4 Å². The summed E-state index contributed by atoms with van der Waals surface area (Å²) in [6, 6.07) is 16.4. The smallest absolute Gasteiger partial charge is 0.342 e. The zero-order chi connectivity index (χ0) is 20.6. The average molecular weight is 430 g/mol. The zero-order valence-electron chi connectivity index (χ0n) is 15.5. The Bertz CT molecular complexity index is 1310. The van der Waals surface area contributed by atoms with Crippen LogP contribution in [0.3, 0.4) is 0 Å². The van der Waals surface area contributed by atoms with Crippen LogP contribution >= 0.6 is 11.6 Å². The van der Waals surface area contributed by atoms with Crippen molar-refractivity contribution in [3.8, 4) is 23.0 Å². The van der Waals surface area contributed by atoms with Gasteiger partial charge in [-0.15, -0.1) is 0 Å². The number of halogens is 1. The maximum atomic E-state index is 12.9. The summed E-state index contributed by atoms with van der Waals surface area (Å²) in [6.45, 7) is 1.92. The predicted octanol–water partition coefficient (Wildman–Crippen LogP) is 5.23. The summed E-state index contributed by atoms with van der Waals surface area (Å²) < 4.78 is 42.2. The van der Waals surface area contributed by atoms with Gasteiger partial charge in [0.1, 0.15) is 16.2 Å². The van der Waals surface area contributed by atoms with E-state index in [0.29, 0.717) is 21.7 Å². The van der Waals surface area contributed by atoms with Crippen LogP contribution < -0.4 is 8.92 Å². The third-order valence-electron chi connectivity index (χ3n) is 4.33. The minimum atomic E-state index is -4.19. The van der Waals surface area contributed by atoms with Crippen LogP contribution in [0.15, 0.2) is 70.0 Å².